The van der Waals surface area contributed by atoms with E-state index in [1.165, 1.54) is 0 Å². The highest BCUT2D eigenvalue weighted by molar-refractivity contribution is 7.98. The number of carbonyl (C=O) groups excluding carboxylic acids is 3. The van der Waals surface area contributed by atoms with Crippen LogP contribution in [0.3, 0.4) is 0 Å². The van der Waals surface area contributed by atoms with Gasteiger partial charge < -0.3 is 26.8 Å². The van der Waals surface area contributed by atoms with Crippen molar-refractivity contribution in [1.29, 1.82) is 0 Å². The molecule has 6 N–H and O–H groups in total. The number of carboxylic acids is 1. The van der Waals surface area contributed by atoms with Gasteiger partial charge in [-0.2, -0.15) is 24.4 Å². The molecule has 0 radical (unpaired) electrons. The van der Waals surface area contributed by atoms with E-state index in [1.807, 2.05) is 6.26 Å². The molecule has 0 saturated heterocycles. The molecule has 0 aromatic heterocycles. The second-order valence-electron chi connectivity index (χ2n) is 5.97. The summed E-state index contributed by atoms with van der Waals surface area (Å²) in [5, 5.41) is 15.9. The molecule has 0 aromatic rings. The third kappa shape index (κ3) is 9.30. The van der Waals surface area contributed by atoms with E-state index < -0.39 is 48.4 Å². The summed E-state index contributed by atoms with van der Waals surface area (Å²) < 4.78 is 0. The highest BCUT2D eigenvalue weighted by Gasteiger charge is 2.29. The Morgan fingerprint density at radius 1 is 1.12 bits per heavy atom. The molecule has 0 aromatic carbocycles. The van der Waals surface area contributed by atoms with E-state index in [0.29, 0.717) is 12.2 Å². The Balaban J connectivity index is 4.84. The number of carbonyl (C=O) groups is 4. The van der Waals surface area contributed by atoms with Crippen LogP contribution in [-0.4, -0.2) is 71.2 Å². The van der Waals surface area contributed by atoms with Crippen molar-refractivity contribution in [3.05, 3.63) is 0 Å². The number of rotatable bonds is 12. The number of aliphatic carboxylic acids is 1. The van der Waals surface area contributed by atoms with Gasteiger partial charge in [-0.15, -0.1) is 0 Å². The fraction of sp³-hybridized carbons (Fsp3) is 0.733. The van der Waals surface area contributed by atoms with Gasteiger partial charge >= 0.3 is 5.97 Å². The molecule has 0 rings (SSSR count). The van der Waals surface area contributed by atoms with Gasteiger partial charge in [0.05, 0.1) is 6.04 Å². The van der Waals surface area contributed by atoms with E-state index >= 15 is 0 Å². The molecule has 0 aliphatic carbocycles. The number of carboxylic acid groups (broad SMARTS) is 1. The summed E-state index contributed by atoms with van der Waals surface area (Å²) >= 11 is 5.62. The SMILES string of the molecule is CSCC[C@H](N)C(=O)N[C@@H](CS)C(=O)N[C@H](C(=O)NCC(=O)O)C(C)C. The monoisotopic (exact) mass is 408 g/mol. The van der Waals surface area contributed by atoms with Gasteiger partial charge in [-0.1, -0.05) is 13.8 Å². The van der Waals surface area contributed by atoms with Crippen molar-refractivity contribution >= 4 is 48.1 Å². The molecule has 0 heterocycles. The van der Waals surface area contributed by atoms with Crippen LogP contribution in [-0.2, 0) is 19.2 Å². The summed E-state index contributed by atoms with van der Waals surface area (Å²) in [5.74, 6) is -2.41. The Morgan fingerprint density at radius 3 is 2.19 bits per heavy atom. The van der Waals surface area contributed by atoms with Crippen molar-refractivity contribution < 1.29 is 24.3 Å². The Kier molecular flexibility index (Phi) is 12.1. The van der Waals surface area contributed by atoms with Crippen molar-refractivity contribution in [1.82, 2.24) is 16.0 Å². The number of hydrogen-bond donors (Lipinski definition) is 6. The number of thiol groups is 1. The maximum absolute atomic E-state index is 12.4. The molecular formula is C15H28N4O5S2. The van der Waals surface area contributed by atoms with Crippen LogP contribution in [0.15, 0.2) is 0 Å². The van der Waals surface area contributed by atoms with Gasteiger partial charge in [0.25, 0.3) is 0 Å². The number of amides is 3. The van der Waals surface area contributed by atoms with Gasteiger partial charge in [0.2, 0.25) is 17.7 Å². The third-order valence-corrected chi connectivity index (χ3v) is 4.46. The first kappa shape index (κ1) is 24.5. The summed E-state index contributed by atoms with van der Waals surface area (Å²) in [6, 6.07) is -2.64. The van der Waals surface area contributed by atoms with Gasteiger partial charge in [0.15, 0.2) is 0 Å². The highest BCUT2D eigenvalue weighted by Crippen LogP contribution is 2.04. The summed E-state index contributed by atoms with van der Waals surface area (Å²) in [4.78, 5) is 47.1. The van der Waals surface area contributed by atoms with E-state index in [4.69, 9.17) is 10.8 Å². The van der Waals surface area contributed by atoms with E-state index in [1.54, 1.807) is 25.6 Å². The van der Waals surface area contributed by atoms with Gasteiger partial charge in [0.1, 0.15) is 18.6 Å². The van der Waals surface area contributed by atoms with Crippen LogP contribution < -0.4 is 21.7 Å². The quantitative estimate of drug-likeness (QED) is 0.223. The first-order chi connectivity index (χ1) is 12.1. The molecule has 0 spiro atoms. The molecule has 0 aliphatic heterocycles. The second-order valence-corrected chi connectivity index (χ2v) is 7.32. The van der Waals surface area contributed by atoms with Crippen LogP contribution in [0, 0.1) is 5.92 Å². The van der Waals surface area contributed by atoms with Crippen LogP contribution in [0.4, 0.5) is 0 Å². The van der Waals surface area contributed by atoms with Crippen LogP contribution in [0.1, 0.15) is 20.3 Å². The minimum absolute atomic E-state index is 0.0222. The first-order valence-electron chi connectivity index (χ1n) is 8.09. The molecule has 9 nitrogen and oxygen atoms in total. The number of nitrogens with one attached hydrogen (secondary N) is 3. The molecule has 0 saturated carbocycles. The molecule has 0 fully saturated rings. The van der Waals surface area contributed by atoms with Crippen molar-refractivity contribution in [3.63, 3.8) is 0 Å². The van der Waals surface area contributed by atoms with Gasteiger partial charge in [-0.05, 0) is 24.3 Å². The fourth-order valence-electron chi connectivity index (χ4n) is 1.91. The fourth-order valence-corrected chi connectivity index (χ4v) is 2.66. The zero-order chi connectivity index (χ0) is 20.3. The average molecular weight is 409 g/mol. The molecule has 0 unspecified atom stereocenters. The lowest BCUT2D eigenvalue weighted by Gasteiger charge is -2.25. The van der Waals surface area contributed by atoms with E-state index in [2.05, 4.69) is 28.6 Å². The van der Waals surface area contributed by atoms with Crippen molar-refractivity contribution in [3.8, 4) is 0 Å². The molecule has 150 valence electrons. The van der Waals surface area contributed by atoms with Gasteiger partial charge in [0, 0.05) is 5.75 Å². The third-order valence-electron chi connectivity index (χ3n) is 3.45. The lowest BCUT2D eigenvalue weighted by molar-refractivity contribution is -0.138. The minimum atomic E-state index is -1.19. The molecular weight excluding hydrogens is 380 g/mol. The number of nitrogens with two attached hydrogens (primary N) is 1. The highest BCUT2D eigenvalue weighted by atomic mass is 32.2. The Morgan fingerprint density at radius 2 is 1.73 bits per heavy atom. The van der Waals surface area contributed by atoms with Crippen molar-refractivity contribution in [2.45, 2.75) is 38.4 Å². The largest absolute Gasteiger partial charge is 0.480 e. The second kappa shape index (κ2) is 12.8. The van der Waals surface area contributed by atoms with E-state index in [-0.39, 0.29) is 11.7 Å². The first-order valence-corrected chi connectivity index (χ1v) is 10.1. The van der Waals surface area contributed by atoms with Crippen LogP contribution in [0.2, 0.25) is 0 Å². The molecule has 3 atom stereocenters. The Labute approximate surface area is 163 Å². The van der Waals surface area contributed by atoms with Crippen LogP contribution in [0.25, 0.3) is 0 Å². The maximum atomic E-state index is 12.4. The normalized spacial score (nSPS) is 14.2. The topological polar surface area (TPSA) is 151 Å². The molecule has 0 aliphatic rings. The Bertz CT molecular complexity index is 504. The average Bonchev–Trinajstić information content (AvgIpc) is 2.58. The standard InChI is InChI=1S/C15H28N4O5S2/c1-8(2)12(15(24)17-6-11(20)21)19-14(23)10(7-25)18-13(22)9(16)4-5-26-3/h8-10,12,25H,4-7,16H2,1-3H3,(H,17,24)(H,18,22)(H,19,23)(H,20,21)/t9-,10-,12-/m0/s1. The number of thioether (sulfide) groups is 1. The van der Waals surface area contributed by atoms with E-state index in [0.717, 1.165) is 0 Å². The summed E-state index contributed by atoms with van der Waals surface area (Å²) in [5.41, 5.74) is 5.77. The summed E-state index contributed by atoms with van der Waals surface area (Å²) in [7, 11) is 0. The molecule has 3 amide bonds. The van der Waals surface area contributed by atoms with E-state index in [9.17, 15) is 19.2 Å². The van der Waals surface area contributed by atoms with Crippen molar-refractivity contribution in [2.75, 3.05) is 24.3 Å². The predicted octanol–water partition coefficient (Wildman–Crippen LogP) is -1.18. The Hall–Kier alpha value is -1.46. The van der Waals surface area contributed by atoms with Crippen LogP contribution in [0.5, 0.6) is 0 Å². The lowest BCUT2D eigenvalue weighted by atomic mass is 10.0. The van der Waals surface area contributed by atoms with Crippen molar-refractivity contribution in [2.24, 2.45) is 11.7 Å². The molecule has 26 heavy (non-hydrogen) atoms. The minimum Gasteiger partial charge on any atom is -0.480 e. The zero-order valence-electron chi connectivity index (χ0n) is 15.2. The smallest absolute Gasteiger partial charge is 0.322 e. The zero-order valence-corrected chi connectivity index (χ0v) is 16.9. The predicted molar refractivity (Wildman–Crippen MR) is 104 cm³/mol. The summed E-state index contributed by atoms with van der Waals surface area (Å²) in [6.45, 7) is 2.87. The van der Waals surface area contributed by atoms with Gasteiger partial charge in [-0.3, -0.25) is 19.2 Å². The van der Waals surface area contributed by atoms with Gasteiger partial charge in [-0.25, -0.2) is 0 Å². The molecule has 0 bridgehead atoms. The number of hydrogen-bond acceptors (Lipinski definition) is 7. The lowest BCUT2D eigenvalue weighted by Crippen LogP contribution is -2.57. The van der Waals surface area contributed by atoms with Crippen LogP contribution >= 0.6 is 24.4 Å². The molecule has 11 heteroatoms. The summed E-state index contributed by atoms with van der Waals surface area (Å²) in [6.07, 6.45) is 2.37. The maximum Gasteiger partial charge on any atom is 0.322 e.